The van der Waals surface area contributed by atoms with Gasteiger partial charge in [0, 0.05) is 29.1 Å². The van der Waals surface area contributed by atoms with Crippen LogP contribution in [-0.2, 0) is 4.74 Å². The van der Waals surface area contributed by atoms with Gasteiger partial charge in [-0.25, -0.2) is 4.39 Å². The van der Waals surface area contributed by atoms with Gasteiger partial charge in [-0.05, 0) is 62.4 Å². The van der Waals surface area contributed by atoms with Crippen LogP contribution in [0.3, 0.4) is 0 Å². The smallest absolute Gasteiger partial charge is 0.147 e. The molecule has 3 aliphatic rings. The van der Waals surface area contributed by atoms with E-state index in [0.29, 0.717) is 18.2 Å². The maximum Gasteiger partial charge on any atom is 0.147 e. The lowest BCUT2D eigenvalue weighted by molar-refractivity contribution is -0.105. The number of ether oxygens (including phenoxy) is 1. The highest BCUT2D eigenvalue weighted by Gasteiger charge is 2.43. The van der Waals surface area contributed by atoms with Crippen LogP contribution in [0, 0.1) is 17.7 Å². The van der Waals surface area contributed by atoms with Crippen LogP contribution < -0.4 is 5.32 Å². The number of aliphatic hydroxyl groups is 1. The van der Waals surface area contributed by atoms with E-state index in [0.717, 1.165) is 55.4 Å². The molecule has 2 aromatic rings. The van der Waals surface area contributed by atoms with Crippen LogP contribution in [0.15, 0.2) is 46.9 Å². The molecule has 166 valence electrons. The third kappa shape index (κ3) is 4.40. The van der Waals surface area contributed by atoms with E-state index in [9.17, 15) is 9.50 Å². The molecule has 6 heteroatoms. The maximum absolute atomic E-state index is 14.9. The average Bonchev–Trinajstić information content (AvgIpc) is 2.80. The zero-order valence-electron chi connectivity index (χ0n) is 17.6. The van der Waals surface area contributed by atoms with Gasteiger partial charge in [0.2, 0.25) is 0 Å². The van der Waals surface area contributed by atoms with Gasteiger partial charge in [-0.15, -0.1) is 0 Å². The molecule has 4 atom stereocenters. The molecule has 0 aliphatic carbocycles. The van der Waals surface area contributed by atoms with Gasteiger partial charge < -0.3 is 20.1 Å². The number of fused-ring (bicyclic) bond motifs is 3. The van der Waals surface area contributed by atoms with Crippen LogP contribution in [-0.4, -0.2) is 42.4 Å². The van der Waals surface area contributed by atoms with Gasteiger partial charge in [0.25, 0.3) is 0 Å². The topological polar surface area (TPSA) is 44.7 Å². The first-order valence-corrected chi connectivity index (χ1v) is 12.2. The summed E-state index contributed by atoms with van der Waals surface area (Å²) in [6.07, 6.45) is 4.19. The Bertz CT molecular complexity index is 904. The molecule has 2 saturated heterocycles. The van der Waals surface area contributed by atoms with Crippen LogP contribution in [0.4, 0.5) is 10.1 Å². The summed E-state index contributed by atoms with van der Waals surface area (Å²) in [4.78, 5) is 2.47. The Morgan fingerprint density at radius 3 is 2.61 bits per heavy atom. The lowest BCUT2D eigenvalue weighted by Crippen LogP contribution is -2.45. The summed E-state index contributed by atoms with van der Waals surface area (Å²) in [5.74, 6) is 0.469. The normalized spacial score (nSPS) is 29.1. The van der Waals surface area contributed by atoms with Gasteiger partial charge in [-0.3, -0.25) is 0 Å². The van der Waals surface area contributed by atoms with Crippen molar-refractivity contribution >= 4 is 21.6 Å². The first-order chi connectivity index (χ1) is 15.1. The Kier molecular flexibility index (Phi) is 6.33. The van der Waals surface area contributed by atoms with Gasteiger partial charge in [-0.2, -0.15) is 0 Å². The predicted octanol–water partition coefficient (Wildman–Crippen LogP) is 5.30. The number of nitrogens with zero attached hydrogens (tertiary/aromatic N) is 1. The zero-order valence-corrected chi connectivity index (χ0v) is 19.2. The molecule has 5 rings (SSSR count). The van der Waals surface area contributed by atoms with E-state index in [-0.39, 0.29) is 30.0 Å². The minimum atomic E-state index is -0.236. The van der Waals surface area contributed by atoms with E-state index in [1.54, 1.807) is 0 Å². The second-order valence-electron chi connectivity index (χ2n) is 9.23. The fourth-order valence-electron chi connectivity index (χ4n) is 5.55. The second-order valence-corrected chi connectivity index (χ2v) is 10.1. The van der Waals surface area contributed by atoms with Crippen molar-refractivity contribution in [3.63, 3.8) is 0 Å². The van der Waals surface area contributed by atoms with Gasteiger partial charge in [0.15, 0.2) is 0 Å². The number of nitrogens with one attached hydrogen (secondary N) is 1. The van der Waals surface area contributed by atoms with E-state index in [1.807, 2.05) is 24.3 Å². The first kappa shape index (κ1) is 21.4. The van der Waals surface area contributed by atoms with Crippen molar-refractivity contribution in [3.8, 4) is 0 Å². The number of benzene rings is 2. The predicted molar refractivity (Wildman–Crippen MR) is 123 cm³/mol. The second kappa shape index (κ2) is 9.18. The summed E-state index contributed by atoms with van der Waals surface area (Å²) < 4.78 is 22.4. The Balaban J connectivity index is 1.39. The van der Waals surface area contributed by atoms with E-state index in [2.05, 4.69) is 38.3 Å². The van der Waals surface area contributed by atoms with Crippen molar-refractivity contribution in [1.29, 1.82) is 0 Å². The molecule has 0 spiro atoms. The van der Waals surface area contributed by atoms with Crippen molar-refractivity contribution in [2.24, 2.45) is 11.8 Å². The van der Waals surface area contributed by atoms with Gasteiger partial charge in [-0.1, -0.05) is 46.3 Å². The Labute approximate surface area is 191 Å². The Hall–Kier alpha value is -1.47. The molecule has 0 bridgehead atoms. The number of aliphatic hydroxyl groups excluding tert-OH is 1. The number of rotatable bonds is 4. The van der Waals surface area contributed by atoms with Crippen molar-refractivity contribution in [2.45, 2.75) is 43.9 Å². The molecule has 0 aromatic heterocycles. The third-order valence-electron chi connectivity index (χ3n) is 7.26. The fraction of sp³-hybridized carbons (Fsp3) is 0.520. The van der Waals surface area contributed by atoms with Crippen LogP contribution in [0.1, 0.15) is 49.0 Å². The first-order valence-electron chi connectivity index (χ1n) is 11.4. The largest absolute Gasteiger partial charge is 0.396 e. The number of hydrogen-bond acceptors (Lipinski definition) is 4. The molecule has 31 heavy (non-hydrogen) atoms. The summed E-state index contributed by atoms with van der Waals surface area (Å²) in [5, 5.41) is 12.9. The minimum Gasteiger partial charge on any atom is -0.396 e. The molecule has 0 unspecified atom stereocenters. The van der Waals surface area contributed by atoms with Crippen LogP contribution in [0.25, 0.3) is 0 Å². The summed E-state index contributed by atoms with van der Waals surface area (Å²) in [6, 6.07) is 13.9. The molecule has 2 aromatic carbocycles. The quantitative estimate of drug-likeness (QED) is 0.613. The van der Waals surface area contributed by atoms with E-state index >= 15 is 0 Å². The molecule has 0 saturated carbocycles. The highest BCUT2D eigenvalue weighted by molar-refractivity contribution is 9.10. The number of piperidine rings is 1. The molecule has 2 fully saturated rings. The van der Waals surface area contributed by atoms with Crippen molar-refractivity contribution < 1.29 is 14.2 Å². The molecule has 2 N–H and O–H groups in total. The number of halogens is 2. The molecule has 0 amide bonds. The molecule has 3 aliphatic heterocycles. The Morgan fingerprint density at radius 1 is 1.10 bits per heavy atom. The Morgan fingerprint density at radius 2 is 1.87 bits per heavy atom. The number of anilines is 1. The number of likely N-dealkylation sites (tertiary alicyclic amines) is 1. The molecule has 0 radical (unpaired) electrons. The van der Waals surface area contributed by atoms with E-state index < -0.39 is 0 Å². The molecular formula is C25H30BrFN2O2. The van der Waals surface area contributed by atoms with Crippen molar-refractivity contribution in [2.75, 3.05) is 31.6 Å². The fourth-order valence-corrected chi connectivity index (χ4v) is 6.00. The van der Waals surface area contributed by atoms with Gasteiger partial charge in [0.05, 0.1) is 23.9 Å². The standard InChI is InChI=1S/C25H30BrFN2O2/c26-18-12-21-24(22(27)13-18)28-23(17-4-2-1-3-5-17)20-7-6-19(31-25(20)21)14-29-10-8-16(15-30)9-11-29/h1-5,12-13,16,19-20,23,25,28,30H,6-11,14-15H2/t19-,20+,23+,25+/m1/s1. The summed E-state index contributed by atoms with van der Waals surface area (Å²) in [5.41, 5.74) is 2.68. The zero-order chi connectivity index (χ0) is 21.4. The summed E-state index contributed by atoms with van der Waals surface area (Å²) in [7, 11) is 0. The van der Waals surface area contributed by atoms with E-state index in [1.165, 1.54) is 11.6 Å². The molecule has 4 nitrogen and oxygen atoms in total. The summed E-state index contributed by atoms with van der Waals surface area (Å²) >= 11 is 3.47. The van der Waals surface area contributed by atoms with Crippen LogP contribution >= 0.6 is 15.9 Å². The SMILES string of the molecule is OCC1CCN(C[C@H]2CC[C@@H]3[C@H](O2)c2cc(Br)cc(F)c2N[C@H]3c2ccccc2)CC1. The van der Waals surface area contributed by atoms with Crippen LogP contribution in [0.2, 0.25) is 0 Å². The number of hydrogen-bond donors (Lipinski definition) is 2. The monoisotopic (exact) mass is 488 g/mol. The highest BCUT2D eigenvalue weighted by Crippen LogP contribution is 2.51. The highest BCUT2D eigenvalue weighted by atomic mass is 79.9. The van der Waals surface area contributed by atoms with Gasteiger partial charge >= 0.3 is 0 Å². The van der Waals surface area contributed by atoms with Crippen LogP contribution in [0.5, 0.6) is 0 Å². The maximum atomic E-state index is 14.9. The third-order valence-corrected chi connectivity index (χ3v) is 7.71. The minimum absolute atomic E-state index is 0.0376. The average molecular weight is 489 g/mol. The lowest BCUT2D eigenvalue weighted by atomic mass is 9.76. The summed E-state index contributed by atoms with van der Waals surface area (Å²) in [6.45, 7) is 3.24. The van der Waals surface area contributed by atoms with E-state index in [4.69, 9.17) is 4.74 Å². The van der Waals surface area contributed by atoms with Crippen molar-refractivity contribution in [1.82, 2.24) is 4.90 Å². The lowest BCUT2D eigenvalue weighted by Gasteiger charge is -2.46. The van der Waals surface area contributed by atoms with Gasteiger partial charge in [0.1, 0.15) is 5.82 Å². The van der Waals surface area contributed by atoms with Crippen molar-refractivity contribution in [3.05, 3.63) is 63.9 Å². The molecule has 3 heterocycles. The molecular weight excluding hydrogens is 459 g/mol.